The molecule has 1 N–H and O–H groups in total. The first-order chi connectivity index (χ1) is 9.20. The molecule has 0 atom stereocenters. The maximum Gasteiger partial charge on any atom is 0.252 e. The molecule has 0 radical (unpaired) electrons. The summed E-state index contributed by atoms with van der Waals surface area (Å²) < 4.78 is 6.40. The smallest absolute Gasteiger partial charge is 0.252 e. The lowest BCUT2D eigenvalue weighted by Crippen LogP contribution is -2.18. The van der Waals surface area contributed by atoms with Crippen LogP contribution in [0.15, 0.2) is 53.0 Å². The van der Waals surface area contributed by atoms with E-state index in [1.807, 2.05) is 30.3 Å². The van der Waals surface area contributed by atoms with Crippen molar-refractivity contribution in [2.24, 2.45) is 0 Å². The normalized spacial score (nSPS) is 10.0. The van der Waals surface area contributed by atoms with Crippen molar-refractivity contribution in [3.8, 4) is 5.75 Å². The van der Waals surface area contributed by atoms with Crippen LogP contribution >= 0.6 is 15.9 Å². The molecule has 3 nitrogen and oxygen atoms in total. The molecule has 2 aromatic carbocycles. The van der Waals surface area contributed by atoms with Gasteiger partial charge in [0.2, 0.25) is 0 Å². The SMILES string of the molecule is CNC(=O)c1ccc(OCc2ccccc2)cc1Br. The van der Waals surface area contributed by atoms with E-state index in [0.29, 0.717) is 12.2 Å². The lowest BCUT2D eigenvalue weighted by Gasteiger charge is -2.09. The van der Waals surface area contributed by atoms with Gasteiger partial charge in [-0.15, -0.1) is 0 Å². The first-order valence-corrected chi connectivity index (χ1v) is 6.68. The van der Waals surface area contributed by atoms with Gasteiger partial charge in [-0.2, -0.15) is 0 Å². The van der Waals surface area contributed by atoms with E-state index in [1.165, 1.54) is 0 Å². The zero-order chi connectivity index (χ0) is 13.7. The Hall–Kier alpha value is -1.81. The number of benzene rings is 2. The monoisotopic (exact) mass is 319 g/mol. The van der Waals surface area contributed by atoms with Crippen LogP contribution in [0.1, 0.15) is 15.9 Å². The van der Waals surface area contributed by atoms with Gasteiger partial charge >= 0.3 is 0 Å². The molecule has 0 bridgehead atoms. The average Bonchev–Trinajstić information content (AvgIpc) is 2.45. The fraction of sp³-hybridized carbons (Fsp3) is 0.133. The number of carbonyl (C=O) groups is 1. The molecule has 0 unspecified atom stereocenters. The van der Waals surface area contributed by atoms with Crippen LogP contribution in [0, 0.1) is 0 Å². The highest BCUT2D eigenvalue weighted by Gasteiger charge is 2.09. The lowest BCUT2D eigenvalue weighted by molar-refractivity contribution is 0.0962. The summed E-state index contributed by atoms with van der Waals surface area (Å²) in [5.74, 6) is 0.602. The highest BCUT2D eigenvalue weighted by Crippen LogP contribution is 2.23. The number of amides is 1. The molecule has 2 aromatic rings. The third kappa shape index (κ3) is 3.58. The summed E-state index contributed by atoms with van der Waals surface area (Å²) in [5, 5.41) is 2.59. The van der Waals surface area contributed by atoms with Crippen LogP contribution in [0.5, 0.6) is 5.75 Å². The van der Waals surface area contributed by atoms with E-state index in [-0.39, 0.29) is 5.91 Å². The Balaban J connectivity index is 2.06. The van der Waals surface area contributed by atoms with E-state index in [9.17, 15) is 4.79 Å². The first kappa shape index (κ1) is 13.6. The summed E-state index contributed by atoms with van der Waals surface area (Å²) in [6, 6.07) is 15.3. The predicted octanol–water partition coefficient (Wildman–Crippen LogP) is 3.39. The average molecular weight is 320 g/mol. The van der Waals surface area contributed by atoms with Crippen LogP contribution < -0.4 is 10.1 Å². The summed E-state index contributed by atoms with van der Waals surface area (Å²) in [6.07, 6.45) is 0. The molecular formula is C15H14BrNO2. The van der Waals surface area contributed by atoms with Crippen LogP contribution in [0.3, 0.4) is 0 Å². The number of ether oxygens (including phenoxy) is 1. The minimum Gasteiger partial charge on any atom is -0.489 e. The fourth-order valence-corrected chi connectivity index (χ4v) is 2.18. The van der Waals surface area contributed by atoms with Crippen LogP contribution in [0.2, 0.25) is 0 Å². The van der Waals surface area contributed by atoms with Gasteiger partial charge in [-0.05, 0) is 39.7 Å². The van der Waals surface area contributed by atoms with Crippen LogP contribution in [-0.2, 0) is 6.61 Å². The van der Waals surface area contributed by atoms with E-state index in [1.54, 1.807) is 25.2 Å². The summed E-state index contributed by atoms with van der Waals surface area (Å²) >= 11 is 3.37. The number of nitrogens with one attached hydrogen (secondary N) is 1. The van der Waals surface area contributed by atoms with Crippen molar-refractivity contribution in [3.05, 3.63) is 64.1 Å². The molecular weight excluding hydrogens is 306 g/mol. The second-order valence-corrected chi connectivity index (χ2v) is 4.85. The minimum absolute atomic E-state index is 0.124. The molecule has 4 heteroatoms. The van der Waals surface area contributed by atoms with E-state index in [2.05, 4.69) is 21.2 Å². The van der Waals surface area contributed by atoms with Crippen LogP contribution in [0.4, 0.5) is 0 Å². The van der Waals surface area contributed by atoms with Gasteiger partial charge in [0.15, 0.2) is 0 Å². The number of rotatable bonds is 4. The Bertz CT molecular complexity index is 570. The van der Waals surface area contributed by atoms with E-state index >= 15 is 0 Å². The molecule has 0 fully saturated rings. The van der Waals surface area contributed by atoms with Crippen molar-refractivity contribution < 1.29 is 9.53 Å². The molecule has 0 aliphatic heterocycles. The summed E-state index contributed by atoms with van der Waals surface area (Å²) in [4.78, 5) is 11.5. The van der Waals surface area contributed by atoms with Gasteiger partial charge < -0.3 is 10.1 Å². The van der Waals surface area contributed by atoms with Gasteiger partial charge in [0.25, 0.3) is 5.91 Å². The third-order valence-corrected chi connectivity index (χ3v) is 3.32. The van der Waals surface area contributed by atoms with Gasteiger partial charge in [0, 0.05) is 11.5 Å². The van der Waals surface area contributed by atoms with Crippen molar-refractivity contribution in [3.63, 3.8) is 0 Å². The lowest BCUT2D eigenvalue weighted by atomic mass is 10.2. The van der Waals surface area contributed by atoms with Gasteiger partial charge in [0.05, 0.1) is 5.56 Å². The van der Waals surface area contributed by atoms with E-state index in [0.717, 1.165) is 15.8 Å². The van der Waals surface area contributed by atoms with Gasteiger partial charge in [-0.25, -0.2) is 0 Å². The number of hydrogen-bond acceptors (Lipinski definition) is 2. The molecule has 0 saturated heterocycles. The Labute approximate surface area is 120 Å². The maximum atomic E-state index is 11.5. The highest BCUT2D eigenvalue weighted by molar-refractivity contribution is 9.10. The van der Waals surface area contributed by atoms with Crippen LogP contribution in [0.25, 0.3) is 0 Å². The molecule has 2 rings (SSSR count). The zero-order valence-electron chi connectivity index (χ0n) is 10.5. The van der Waals surface area contributed by atoms with Crippen molar-refractivity contribution in [1.29, 1.82) is 0 Å². The third-order valence-electron chi connectivity index (χ3n) is 2.66. The first-order valence-electron chi connectivity index (χ1n) is 5.89. The fourth-order valence-electron chi connectivity index (χ4n) is 1.65. The molecule has 0 saturated carbocycles. The standard InChI is InChI=1S/C15H14BrNO2/c1-17-15(18)13-8-7-12(9-14(13)16)19-10-11-5-3-2-4-6-11/h2-9H,10H2,1H3,(H,17,18). The molecule has 0 spiro atoms. The minimum atomic E-state index is -0.124. The molecule has 0 aliphatic rings. The van der Waals surface area contributed by atoms with Crippen LogP contribution in [-0.4, -0.2) is 13.0 Å². The Morgan fingerprint density at radius 3 is 2.58 bits per heavy atom. The molecule has 0 heterocycles. The second-order valence-electron chi connectivity index (χ2n) is 4.00. The van der Waals surface area contributed by atoms with Crippen molar-refractivity contribution in [2.75, 3.05) is 7.05 Å². The highest BCUT2D eigenvalue weighted by atomic mass is 79.9. The number of hydrogen-bond donors (Lipinski definition) is 1. The largest absolute Gasteiger partial charge is 0.489 e. The second kappa shape index (κ2) is 6.38. The molecule has 0 aromatic heterocycles. The Morgan fingerprint density at radius 1 is 1.21 bits per heavy atom. The quantitative estimate of drug-likeness (QED) is 0.938. The number of carbonyl (C=O) groups excluding carboxylic acids is 1. The van der Waals surface area contributed by atoms with Crippen molar-refractivity contribution >= 4 is 21.8 Å². The van der Waals surface area contributed by atoms with Gasteiger partial charge in [-0.1, -0.05) is 30.3 Å². The van der Waals surface area contributed by atoms with E-state index < -0.39 is 0 Å². The number of halogens is 1. The molecule has 19 heavy (non-hydrogen) atoms. The zero-order valence-corrected chi connectivity index (χ0v) is 12.1. The topological polar surface area (TPSA) is 38.3 Å². The van der Waals surface area contributed by atoms with Gasteiger partial charge in [0.1, 0.15) is 12.4 Å². The van der Waals surface area contributed by atoms with E-state index in [4.69, 9.17) is 4.74 Å². The molecule has 0 aliphatic carbocycles. The Morgan fingerprint density at radius 2 is 1.95 bits per heavy atom. The molecule has 98 valence electrons. The van der Waals surface area contributed by atoms with Gasteiger partial charge in [-0.3, -0.25) is 4.79 Å². The molecule has 1 amide bonds. The van der Waals surface area contributed by atoms with Crippen molar-refractivity contribution in [2.45, 2.75) is 6.61 Å². The van der Waals surface area contributed by atoms with Crippen molar-refractivity contribution in [1.82, 2.24) is 5.32 Å². The Kier molecular flexibility index (Phi) is 4.58. The maximum absolute atomic E-state index is 11.5. The summed E-state index contributed by atoms with van der Waals surface area (Å²) in [6.45, 7) is 0.507. The summed E-state index contributed by atoms with van der Waals surface area (Å²) in [7, 11) is 1.61. The summed E-state index contributed by atoms with van der Waals surface area (Å²) in [5.41, 5.74) is 1.70. The predicted molar refractivity (Wildman–Crippen MR) is 78.3 cm³/mol.